The van der Waals surface area contributed by atoms with Gasteiger partial charge in [0, 0.05) is 24.6 Å². The molecular weight excluding hydrogens is 281 g/mol. The summed E-state index contributed by atoms with van der Waals surface area (Å²) in [6.07, 6.45) is 1.89. The minimum atomic E-state index is -0.0562. The normalized spacial score (nSPS) is 13.6. The van der Waals surface area contributed by atoms with Gasteiger partial charge in [0.05, 0.1) is 10.0 Å². The van der Waals surface area contributed by atoms with Crippen molar-refractivity contribution in [2.24, 2.45) is 5.41 Å². The minimum absolute atomic E-state index is 0.0562. The van der Waals surface area contributed by atoms with Crippen molar-refractivity contribution in [2.75, 3.05) is 13.2 Å². The molecule has 0 aliphatic rings. The van der Waals surface area contributed by atoms with Crippen LogP contribution in [0.3, 0.4) is 0 Å². The largest absolute Gasteiger partial charge is 0.396 e. The van der Waals surface area contributed by atoms with E-state index < -0.39 is 0 Å². The lowest BCUT2D eigenvalue weighted by molar-refractivity contribution is 0.110. The Bertz CT molecular complexity index is 397. The summed E-state index contributed by atoms with van der Waals surface area (Å²) in [5, 5.41) is 14.2. The summed E-state index contributed by atoms with van der Waals surface area (Å²) in [5.41, 5.74) is 0.937. The first-order chi connectivity index (χ1) is 8.99. The summed E-state index contributed by atoms with van der Waals surface area (Å²) in [6, 6.07) is 5.77. The van der Waals surface area contributed by atoms with E-state index in [1.54, 1.807) is 6.07 Å². The average Bonchev–Trinajstić information content (AvgIpc) is 2.44. The lowest BCUT2D eigenvalue weighted by atomic mass is 9.83. The number of aliphatic hydroxyl groups excluding tert-OH is 1. The number of hydrogen-bond donors (Lipinski definition) is 2. The predicted octanol–water partition coefficient (Wildman–Crippen LogP) is 4.44. The maximum Gasteiger partial charge on any atom is 0.0639 e. The topological polar surface area (TPSA) is 32.3 Å². The molecule has 1 aromatic carbocycles. The van der Waals surface area contributed by atoms with Crippen molar-refractivity contribution in [1.82, 2.24) is 5.32 Å². The molecule has 0 fully saturated rings. The SMILES string of the molecule is CCC(CC)(CO)CNC(C)c1cccc(Cl)c1Cl. The summed E-state index contributed by atoms with van der Waals surface area (Å²) >= 11 is 12.2. The zero-order valence-electron chi connectivity index (χ0n) is 11.8. The molecule has 2 N–H and O–H groups in total. The summed E-state index contributed by atoms with van der Waals surface area (Å²) in [6.45, 7) is 7.24. The lowest BCUT2D eigenvalue weighted by Crippen LogP contribution is -2.37. The molecule has 0 amide bonds. The Hall–Kier alpha value is -0.280. The Kier molecular flexibility index (Phi) is 6.61. The molecule has 0 saturated carbocycles. The second-order valence-electron chi connectivity index (χ2n) is 5.11. The quantitative estimate of drug-likeness (QED) is 0.780. The summed E-state index contributed by atoms with van der Waals surface area (Å²) < 4.78 is 0. The zero-order valence-corrected chi connectivity index (χ0v) is 13.4. The van der Waals surface area contributed by atoms with Crippen LogP contribution in [0.4, 0.5) is 0 Å². The van der Waals surface area contributed by atoms with Crippen LogP contribution in [0.1, 0.15) is 45.2 Å². The van der Waals surface area contributed by atoms with Crippen molar-refractivity contribution in [3.63, 3.8) is 0 Å². The number of halogens is 2. The van der Waals surface area contributed by atoms with Crippen molar-refractivity contribution in [1.29, 1.82) is 0 Å². The molecule has 1 atom stereocenters. The molecule has 1 unspecified atom stereocenters. The molecule has 108 valence electrons. The predicted molar refractivity (Wildman–Crippen MR) is 83.0 cm³/mol. The van der Waals surface area contributed by atoms with Gasteiger partial charge in [-0.05, 0) is 31.4 Å². The van der Waals surface area contributed by atoms with E-state index in [0.717, 1.165) is 24.9 Å². The highest BCUT2D eigenvalue weighted by Crippen LogP contribution is 2.31. The maximum atomic E-state index is 9.57. The number of hydrogen-bond acceptors (Lipinski definition) is 2. The first-order valence-corrected chi connectivity index (χ1v) is 7.53. The number of rotatable bonds is 7. The molecule has 0 saturated heterocycles. The van der Waals surface area contributed by atoms with Crippen molar-refractivity contribution < 1.29 is 5.11 Å². The van der Waals surface area contributed by atoms with E-state index in [2.05, 4.69) is 26.1 Å². The fourth-order valence-corrected chi connectivity index (χ4v) is 2.59. The van der Waals surface area contributed by atoms with Crippen LogP contribution in [0.2, 0.25) is 10.0 Å². The Labute approximate surface area is 126 Å². The fraction of sp³-hybridized carbons (Fsp3) is 0.600. The Balaban J connectivity index is 2.75. The van der Waals surface area contributed by atoms with Gasteiger partial charge in [-0.1, -0.05) is 49.2 Å². The van der Waals surface area contributed by atoms with Gasteiger partial charge in [0.15, 0.2) is 0 Å². The van der Waals surface area contributed by atoms with Crippen LogP contribution in [-0.4, -0.2) is 18.3 Å². The molecule has 0 bridgehead atoms. The zero-order chi connectivity index (χ0) is 14.5. The number of nitrogens with one attached hydrogen (secondary N) is 1. The molecule has 0 heterocycles. The van der Waals surface area contributed by atoms with Gasteiger partial charge in [-0.2, -0.15) is 0 Å². The molecular formula is C15H23Cl2NO. The fourth-order valence-electron chi connectivity index (χ4n) is 2.11. The molecule has 1 rings (SSSR count). The van der Waals surface area contributed by atoms with E-state index in [-0.39, 0.29) is 18.1 Å². The van der Waals surface area contributed by atoms with Gasteiger partial charge in [-0.15, -0.1) is 0 Å². The van der Waals surface area contributed by atoms with Crippen molar-refractivity contribution in [2.45, 2.75) is 39.7 Å². The van der Waals surface area contributed by atoms with Gasteiger partial charge in [0.25, 0.3) is 0 Å². The van der Waals surface area contributed by atoms with Crippen LogP contribution < -0.4 is 5.32 Å². The van der Waals surface area contributed by atoms with E-state index in [1.165, 1.54) is 0 Å². The third-order valence-corrected chi connectivity index (χ3v) is 4.90. The van der Waals surface area contributed by atoms with Crippen LogP contribution in [0.15, 0.2) is 18.2 Å². The van der Waals surface area contributed by atoms with Crippen molar-refractivity contribution >= 4 is 23.2 Å². The molecule has 0 aromatic heterocycles. The molecule has 0 radical (unpaired) electrons. The first-order valence-electron chi connectivity index (χ1n) is 6.77. The van der Waals surface area contributed by atoms with Crippen LogP contribution in [-0.2, 0) is 0 Å². The second-order valence-corrected chi connectivity index (χ2v) is 5.90. The first kappa shape index (κ1) is 16.8. The van der Waals surface area contributed by atoms with Crippen LogP contribution in [0, 0.1) is 5.41 Å². The second kappa shape index (κ2) is 7.49. The van der Waals surface area contributed by atoms with E-state index in [0.29, 0.717) is 10.0 Å². The third-order valence-electron chi connectivity index (χ3n) is 4.07. The number of aliphatic hydroxyl groups is 1. The minimum Gasteiger partial charge on any atom is -0.396 e. The molecule has 4 heteroatoms. The van der Waals surface area contributed by atoms with Gasteiger partial charge in [-0.25, -0.2) is 0 Å². The highest BCUT2D eigenvalue weighted by atomic mass is 35.5. The number of benzene rings is 1. The van der Waals surface area contributed by atoms with Crippen LogP contribution in [0.5, 0.6) is 0 Å². The molecule has 19 heavy (non-hydrogen) atoms. The van der Waals surface area contributed by atoms with E-state index in [1.807, 2.05) is 12.1 Å². The maximum absolute atomic E-state index is 9.57. The average molecular weight is 304 g/mol. The van der Waals surface area contributed by atoms with Crippen LogP contribution >= 0.6 is 23.2 Å². The van der Waals surface area contributed by atoms with Crippen molar-refractivity contribution in [3.05, 3.63) is 33.8 Å². The molecule has 2 nitrogen and oxygen atoms in total. The molecule has 0 aliphatic carbocycles. The van der Waals surface area contributed by atoms with E-state index in [4.69, 9.17) is 23.2 Å². The van der Waals surface area contributed by atoms with Gasteiger partial charge < -0.3 is 10.4 Å². The van der Waals surface area contributed by atoms with E-state index >= 15 is 0 Å². The van der Waals surface area contributed by atoms with Gasteiger partial charge >= 0.3 is 0 Å². The van der Waals surface area contributed by atoms with Gasteiger partial charge in [0.1, 0.15) is 0 Å². The van der Waals surface area contributed by atoms with Crippen molar-refractivity contribution in [3.8, 4) is 0 Å². The smallest absolute Gasteiger partial charge is 0.0639 e. The lowest BCUT2D eigenvalue weighted by Gasteiger charge is -2.31. The summed E-state index contributed by atoms with van der Waals surface area (Å²) in [4.78, 5) is 0. The van der Waals surface area contributed by atoms with E-state index in [9.17, 15) is 5.11 Å². The monoisotopic (exact) mass is 303 g/mol. The third kappa shape index (κ3) is 4.09. The highest BCUT2D eigenvalue weighted by Gasteiger charge is 2.26. The highest BCUT2D eigenvalue weighted by molar-refractivity contribution is 6.42. The standard InChI is InChI=1S/C15H23Cl2NO/c1-4-15(5-2,10-19)9-18-11(3)12-7-6-8-13(16)14(12)17/h6-8,11,18-19H,4-5,9-10H2,1-3H3. The Morgan fingerprint density at radius 2 is 1.89 bits per heavy atom. The van der Waals surface area contributed by atoms with Gasteiger partial charge in [-0.3, -0.25) is 0 Å². The molecule has 1 aromatic rings. The van der Waals surface area contributed by atoms with Crippen LogP contribution in [0.25, 0.3) is 0 Å². The Morgan fingerprint density at radius 3 is 2.42 bits per heavy atom. The molecule has 0 spiro atoms. The summed E-state index contributed by atoms with van der Waals surface area (Å²) in [5.74, 6) is 0. The Morgan fingerprint density at radius 1 is 1.26 bits per heavy atom. The molecule has 0 aliphatic heterocycles. The van der Waals surface area contributed by atoms with Gasteiger partial charge in [0.2, 0.25) is 0 Å². The summed E-state index contributed by atoms with van der Waals surface area (Å²) in [7, 11) is 0.